The highest BCUT2D eigenvalue weighted by atomic mass is 15.2. The fourth-order valence-electron chi connectivity index (χ4n) is 3.61. The van der Waals surface area contributed by atoms with Gasteiger partial charge in [-0.05, 0) is 63.7 Å². The third-order valence-corrected chi connectivity index (χ3v) is 4.78. The molecule has 1 aromatic rings. The second-order valence-electron chi connectivity index (χ2n) is 6.26. The monoisotopic (exact) mass is 258 g/mol. The van der Waals surface area contributed by atoms with E-state index in [0.717, 1.165) is 5.92 Å². The topological polar surface area (TPSA) is 15.3 Å². The fourth-order valence-corrected chi connectivity index (χ4v) is 3.61. The first-order valence-electron chi connectivity index (χ1n) is 7.84. The molecule has 1 aromatic carbocycles. The fraction of sp³-hybridized carbons (Fsp3) is 0.647. The molecule has 0 bridgehead atoms. The van der Waals surface area contributed by atoms with Crippen molar-refractivity contribution in [2.45, 2.75) is 38.6 Å². The maximum atomic E-state index is 3.47. The first-order valence-corrected chi connectivity index (χ1v) is 7.84. The maximum absolute atomic E-state index is 3.47. The van der Waals surface area contributed by atoms with E-state index in [1.807, 2.05) is 0 Å². The molecule has 2 heterocycles. The number of nitrogens with one attached hydrogen (secondary N) is 1. The van der Waals surface area contributed by atoms with E-state index in [0.29, 0.717) is 6.04 Å². The summed E-state index contributed by atoms with van der Waals surface area (Å²) in [6.45, 7) is 7.20. The molecule has 1 N–H and O–H groups in total. The van der Waals surface area contributed by atoms with Gasteiger partial charge in [-0.15, -0.1) is 0 Å². The van der Waals surface area contributed by atoms with Crippen LogP contribution in [0.2, 0.25) is 0 Å². The van der Waals surface area contributed by atoms with Gasteiger partial charge in [0.05, 0.1) is 0 Å². The molecule has 0 spiro atoms. The van der Waals surface area contributed by atoms with Crippen molar-refractivity contribution in [1.82, 2.24) is 10.2 Å². The average molecular weight is 258 g/mol. The van der Waals surface area contributed by atoms with Crippen LogP contribution in [0.25, 0.3) is 0 Å². The minimum Gasteiger partial charge on any atom is -0.317 e. The zero-order valence-electron chi connectivity index (χ0n) is 12.1. The van der Waals surface area contributed by atoms with Gasteiger partial charge < -0.3 is 5.32 Å². The number of benzene rings is 1. The van der Waals surface area contributed by atoms with Crippen molar-refractivity contribution in [3.8, 4) is 0 Å². The van der Waals surface area contributed by atoms with Crippen LogP contribution in [0.3, 0.4) is 0 Å². The van der Waals surface area contributed by atoms with E-state index >= 15 is 0 Å². The van der Waals surface area contributed by atoms with Gasteiger partial charge in [-0.3, -0.25) is 4.90 Å². The number of nitrogens with zero attached hydrogens (tertiary/aromatic N) is 1. The van der Waals surface area contributed by atoms with Crippen LogP contribution in [-0.2, 0) is 0 Å². The van der Waals surface area contributed by atoms with E-state index in [2.05, 4.69) is 41.4 Å². The zero-order chi connectivity index (χ0) is 13.1. The summed E-state index contributed by atoms with van der Waals surface area (Å²) in [6.07, 6.45) is 5.42. The summed E-state index contributed by atoms with van der Waals surface area (Å²) >= 11 is 0. The molecule has 0 amide bonds. The van der Waals surface area contributed by atoms with Gasteiger partial charge in [-0.25, -0.2) is 0 Å². The SMILES string of the molecule is Cc1ccc(C2CCCN2CC2CCNCC2)cc1. The highest BCUT2D eigenvalue weighted by Gasteiger charge is 2.28. The molecule has 2 heteroatoms. The Labute approximate surface area is 117 Å². The second kappa shape index (κ2) is 6.06. The van der Waals surface area contributed by atoms with Gasteiger partial charge in [0.15, 0.2) is 0 Å². The molecule has 2 saturated heterocycles. The lowest BCUT2D eigenvalue weighted by Crippen LogP contribution is -2.36. The van der Waals surface area contributed by atoms with Gasteiger partial charge >= 0.3 is 0 Å². The highest BCUT2D eigenvalue weighted by molar-refractivity contribution is 5.24. The normalized spacial score (nSPS) is 25.8. The van der Waals surface area contributed by atoms with Gasteiger partial charge in [-0.2, -0.15) is 0 Å². The Kier molecular flexibility index (Phi) is 4.19. The molecule has 1 atom stereocenters. The Balaban J connectivity index is 1.65. The van der Waals surface area contributed by atoms with E-state index in [9.17, 15) is 0 Å². The average Bonchev–Trinajstić information content (AvgIpc) is 2.89. The molecule has 2 aliphatic heterocycles. The molecule has 2 aliphatic rings. The largest absolute Gasteiger partial charge is 0.317 e. The lowest BCUT2D eigenvalue weighted by Gasteiger charge is -2.31. The summed E-state index contributed by atoms with van der Waals surface area (Å²) in [5, 5.41) is 3.47. The van der Waals surface area contributed by atoms with E-state index in [-0.39, 0.29) is 0 Å². The third kappa shape index (κ3) is 3.18. The van der Waals surface area contributed by atoms with Crippen LogP contribution >= 0.6 is 0 Å². The summed E-state index contributed by atoms with van der Waals surface area (Å²) in [7, 11) is 0. The number of hydrogen-bond acceptors (Lipinski definition) is 2. The van der Waals surface area contributed by atoms with Crippen LogP contribution in [0.5, 0.6) is 0 Å². The number of aryl methyl sites for hydroxylation is 1. The minimum absolute atomic E-state index is 0.676. The first-order chi connectivity index (χ1) is 9.33. The predicted octanol–water partition coefficient (Wildman–Crippen LogP) is 3.13. The van der Waals surface area contributed by atoms with Crippen LogP contribution < -0.4 is 5.32 Å². The van der Waals surface area contributed by atoms with Gasteiger partial charge in [-0.1, -0.05) is 29.8 Å². The van der Waals surface area contributed by atoms with Gasteiger partial charge in [0.25, 0.3) is 0 Å². The molecule has 0 saturated carbocycles. The molecule has 1 unspecified atom stereocenters. The smallest absolute Gasteiger partial charge is 0.0348 e. The van der Waals surface area contributed by atoms with E-state index in [1.165, 1.54) is 63.0 Å². The number of piperidine rings is 1. The minimum atomic E-state index is 0.676. The molecule has 2 nitrogen and oxygen atoms in total. The Hall–Kier alpha value is -0.860. The van der Waals surface area contributed by atoms with Crippen LogP contribution in [0.15, 0.2) is 24.3 Å². The summed E-state index contributed by atoms with van der Waals surface area (Å²) in [5.74, 6) is 0.910. The van der Waals surface area contributed by atoms with Crippen LogP contribution in [0, 0.1) is 12.8 Å². The number of hydrogen-bond donors (Lipinski definition) is 1. The molecule has 2 fully saturated rings. The number of rotatable bonds is 3. The molecule has 0 aliphatic carbocycles. The van der Waals surface area contributed by atoms with Gasteiger partial charge in [0, 0.05) is 12.6 Å². The Morgan fingerprint density at radius 1 is 1.11 bits per heavy atom. The number of likely N-dealkylation sites (tertiary alicyclic amines) is 1. The van der Waals surface area contributed by atoms with E-state index < -0.39 is 0 Å². The molecular formula is C17H26N2. The van der Waals surface area contributed by atoms with E-state index in [1.54, 1.807) is 0 Å². The summed E-state index contributed by atoms with van der Waals surface area (Å²) in [4.78, 5) is 2.74. The van der Waals surface area contributed by atoms with E-state index in [4.69, 9.17) is 0 Å². The first kappa shape index (κ1) is 13.1. The molecule has 19 heavy (non-hydrogen) atoms. The molecular weight excluding hydrogens is 232 g/mol. The van der Waals surface area contributed by atoms with Crippen molar-refractivity contribution in [1.29, 1.82) is 0 Å². The van der Waals surface area contributed by atoms with Crippen molar-refractivity contribution in [3.63, 3.8) is 0 Å². The Morgan fingerprint density at radius 3 is 2.58 bits per heavy atom. The Bertz CT molecular complexity index is 392. The maximum Gasteiger partial charge on any atom is 0.0348 e. The summed E-state index contributed by atoms with van der Waals surface area (Å²) in [6, 6.07) is 9.87. The lowest BCUT2D eigenvalue weighted by atomic mass is 9.96. The zero-order valence-corrected chi connectivity index (χ0v) is 12.1. The van der Waals surface area contributed by atoms with Crippen LogP contribution in [0.1, 0.15) is 42.9 Å². The summed E-state index contributed by atoms with van der Waals surface area (Å²) < 4.78 is 0. The quantitative estimate of drug-likeness (QED) is 0.896. The van der Waals surface area contributed by atoms with Crippen molar-refractivity contribution in [2.75, 3.05) is 26.2 Å². The molecule has 0 aromatic heterocycles. The Morgan fingerprint density at radius 2 is 1.84 bits per heavy atom. The predicted molar refractivity (Wildman–Crippen MR) is 80.3 cm³/mol. The summed E-state index contributed by atoms with van der Waals surface area (Å²) in [5.41, 5.74) is 2.89. The second-order valence-corrected chi connectivity index (χ2v) is 6.26. The van der Waals surface area contributed by atoms with Crippen LogP contribution in [0.4, 0.5) is 0 Å². The molecule has 104 valence electrons. The molecule has 0 radical (unpaired) electrons. The van der Waals surface area contributed by atoms with Crippen molar-refractivity contribution >= 4 is 0 Å². The van der Waals surface area contributed by atoms with Crippen molar-refractivity contribution < 1.29 is 0 Å². The third-order valence-electron chi connectivity index (χ3n) is 4.78. The van der Waals surface area contributed by atoms with Crippen LogP contribution in [-0.4, -0.2) is 31.1 Å². The van der Waals surface area contributed by atoms with Crippen molar-refractivity contribution in [3.05, 3.63) is 35.4 Å². The highest BCUT2D eigenvalue weighted by Crippen LogP contribution is 2.33. The van der Waals surface area contributed by atoms with Crippen molar-refractivity contribution in [2.24, 2.45) is 5.92 Å². The standard InChI is InChI=1S/C17H26N2/c1-14-4-6-16(7-5-14)17-3-2-12-19(17)13-15-8-10-18-11-9-15/h4-7,15,17-18H,2-3,8-13H2,1H3. The van der Waals surface area contributed by atoms with Gasteiger partial charge in [0.2, 0.25) is 0 Å². The lowest BCUT2D eigenvalue weighted by molar-refractivity contribution is 0.193. The van der Waals surface area contributed by atoms with Gasteiger partial charge in [0.1, 0.15) is 0 Å². The molecule has 3 rings (SSSR count).